The lowest BCUT2D eigenvalue weighted by Gasteiger charge is -2.06. The molecule has 1 heterocycles. The van der Waals surface area contributed by atoms with E-state index >= 15 is 0 Å². The Morgan fingerprint density at radius 1 is 1.21 bits per heavy atom. The number of rotatable bonds is 3. The molecule has 0 aliphatic heterocycles. The van der Waals surface area contributed by atoms with Crippen molar-refractivity contribution in [2.45, 2.75) is 6.92 Å². The van der Waals surface area contributed by atoms with Gasteiger partial charge in [0.15, 0.2) is 5.11 Å². The van der Waals surface area contributed by atoms with E-state index in [-0.39, 0.29) is 11.0 Å². The number of anilines is 2. The number of benzene rings is 1. The molecule has 0 fully saturated rings. The number of carbonyl (C=O) groups excluding carboxylic acids is 1. The van der Waals surface area contributed by atoms with E-state index in [9.17, 15) is 4.79 Å². The van der Waals surface area contributed by atoms with Gasteiger partial charge in [0.1, 0.15) is 12.0 Å². The minimum atomic E-state index is -0.216. The van der Waals surface area contributed by atoms with E-state index in [1.807, 2.05) is 0 Å². The Bertz CT molecular complexity index is 605. The van der Waals surface area contributed by atoms with Gasteiger partial charge in [0.2, 0.25) is 0 Å². The number of nitrogens with one attached hydrogen (secondary N) is 2. The maximum absolute atomic E-state index is 11.9. The van der Waals surface area contributed by atoms with E-state index in [4.69, 9.17) is 22.4 Å². The number of thiocarbonyl (C=S) groups is 1. The number of furan rings is 1. The molecule has 1 aromatic heterocycles. The number of hydrogen-bond donors (Lipinski definition) is 3. The van der Waals surface area contributed by atoms with Crippen molar-refractivity contribution < 1.29 is 9.21 Å². The fourth-order valence-corrected chi connectivity index (χ4v) is 1.66. The van der Waals surface area contributed by atoms with Crippen LogP contribution in [0.3, 0.4) is 0 Å². The van der Waals surface area contributed by atoms with Crippen molar-refractivity contribution in [3.05, 3.63) is 47.9 Å². The Balaban J connectivity index is 2.03. The van der Waals surface area contributed by atoms with Gasteiger partial charge in [0.05, 0.1) is 5.56 Å². The van der Waals surface area contributed by atoms with Gasteiger partial charge in [0.25, 0.3) is 5.91 Å². The molecular formula is C13H13N3O2S. The number of aryl methyl sites for hydroxylation is 1. The van der Waals surface area contributed by atoms with Crippen molar-refractivity contribution in [2.24, 2.45) is 5.73 Å². The molecule has 0 aliphatic carbocycles. The molecule has 2 rings (SSSR count). The SMILES string of the molecule is Cc1cc(C(=O)Nc2ccc(NC(N)=S)cc2)co1. The molecule has 6 heteroatoms. The van der Waals surface area contributed by atoms with Crippen LogP contribution < -0.4 is 16.4 Å². The summed E-state index contributed by atoms with van der Waals surface area (Å²) in [5, 5.41) is 5.76. The van der Waals surface area contributed by atoms with Crippen LogP contribution in [0.4, 0.5) is 11.4 Å². The molecule has 1 amide bonds. The molecule has 0 unspecified atom stereocenters. The summed E-state index contributed by atoms with van der Waals surface area (Å²) in [7, 11) is 0. The fraction of sp³-hybridized carbons (Fsp3) is 0.0769. The Labute approximate surface area is 115 Å². The summed E-state index contributed by atoms with van der Waals surface area (Å²) >= 11 is 4.73. The summed E-state index contributed by atoms with van der Waals surface area (Å²) in [5.74, 6) is 0.480. The Morgan fingerprint density at radius 2 is 1.79 bits per heavy atom. The normalized spacial score (nSPS) is 9.95. The second-order valence-corrected chi connectivity index (χ2v) is 4.41. The number of hydrogen-bond acceptors (Lipinski definition) is 3. The zero-order valence-electron chi connectivity index (χ0n) is 10.3. The van der Waals surface area contributed by atoms with Gasteiger partial charge in [-0.2, -0.15) is 0 Å². The first-order valence-electron chi connectivity index (χ1n) is 5.57. The summed E-state index contributed by atoms with van der Waals surface area (Å²) in [4.78, 5) is 11.9. The van der Waals surface area contributed by atoms with Gasteiger partial charge in [-0.1, -0.05) is 0 Å². The lowest BCUT2D eigenvalue weighted by Crippen LogP contribution is -2.18. The summed E-state index contributed by atoms with van der Waals surface area (Å²) in [6.07, 6.45) is 1.42. The van der Waals surface area contributed by atoms with Crippen molar-refractivity contribution in [2.75, 3.05) is 10.6 Å². The van der Waals surface area contributed by atoms with Crippen LogP contribution in [0, 0.1) is 6.92 Å². The Hall–Kier alpha value is -2.34. The molecule has 4 N–H and O–H groups in total. The zero-order valence-corrected chi connectivity index (χ0v) is 11.1. The van der Waals surface area contributed by atoms with Crippen molar-refractivity contribution >= 4 is 34.6 Å². The molecule has 0 saturated heterocycles. The van der Waals surface area contributed by atoms with Crippen LogP contribution in [0.5, 0.6) is 0 Å². The summed E-state index contributed by atoms with van der Waals surface area (Å²) in [5.41, 5.74) is 7.30. The van der Waals surface area contributed by atoms with Gasteiger partial charge in [0, 0.05) is 11.4 Å². The Kier molecular flexibility index (Phi) is 3.82. The highest BCUT2D eigenvalue weighted by Crippen LogP contribution is 2.15. The predicted octanol–water partition coefficient (Wildman–Crippen LogP) is 2.50. The minimum Gasteiger partial charge on any atom is -0.469 e. The first kappa shape index (κ1) is 13.1. The standard InChI is InChI=1S/C13H13N3O2S/c1-8-6-9(7-18-8)12(17)15-10-2-4-11(5-3-10)16-13(14)19/h2-7H,1H3,(H,15,17)(H3,14,16,19). The lowest BCUT2D eigenvalue weighted by molar-refractivity contribution is 0.102. The van der Waals surface area contributed by atoms with Gasteiger partial charge < -0.3 is 20.8 Å². The largest absolute Gasteiger partial charge is 0.469 e. The maximum atomic E-state index is 11.9. The number of carbonyl (C=O) groups is 1. The lowest BCUT2D eigenvalue weighted by atomic mass is 10.2. The van der Waals surface area contributed by atoms with Gasteiger partial charge in [-0.05, 0) is 49.5 Å². The highest BCUT2D eigenvalue weighted by atomic mass is 32.1. The summed E-state index contributed by atoms with van der Waals surface area (Å²) in [6.45, 7) is 1.78. The van der Waals surface area contributed by atoms with Crippen LogP contribution >= 0.6 is 12.2 Å². The van der Waals surface area contributed by atoms with Crippen molar-refractivity contribution in [1.29, 1.82) is 0 Å². The van der Waals surface area contributed by atoms with E-state index in [2.05, 4.69) is 10.6 Å². The van der Waals surface area contributed by atoms with Gasteiger partial charge in [-0.3, -0.25) is 4.79 Å². The average molecular weight is 275 g/mol. The third-order valence-electron chi connectivity index (χ3n) is 2.40. The molecule has 98 valence electrons. The molecule has 0 aliphatic rings. The first-order chi connectivity index (χ1) is 9.04. The molecular weight excluding hydrogens is 262 g/mol. The van der Waals surface area contributed by atoms with Gasteiger partial charge in [-0.25, -0.2) is 0 Å². The van der Waals surface area contributed by atoms with Crippen LogP contribution in [0.2, 0.25) is 0 Å². The molecule has 0 saturated carbocycles. The summed E-state index contributed by atoms with van der Waals surface area (Å²) < 4.78 is 5.09. The fourth-order valence-electron chi connectivity index (χ4n) is 1.54. The van der Waals surface area contributed by atoms with Gasteiger partial charge in [-0.15, -0.1) is 0 Å². The topological polar surface area (TPSA) is 80.3 Å². The van der Waals surface area contributed by atoms with Crippen LogP contribution in [-0.4, -0.2) is 11.0 Å². The second-order valence-electron chi connectivity index (χ2n) is 3.97. The molecule has 1 aromatic carbocycles. The zero-order chi connectivity index (χ0) is 13.8. The Morgan fingerprint density at radius 3 is 2.26 bits per heavy atom. The molecule has 19 heavy (non-hydrogen) atoms. The first-order valence-corrected chi connectivity index (χ1v) is 5.98. The molecule has 0 bridgehead atoms. The van der Waals surface area contributed by atoms with Crippen LogP contribution in [0.15, 0.2) is 41.0 Å². The van der Waals surface area contributed by atoms with Crippen molar-refractivity contribution in [3.8, 4) is 0 Å². The third-order valence-corrected chi connectivity index (χ3v) is 2.51. The van der Waals surface area contributed by atoms with E-state index in [1.54, 1.807) is 37.3 Å². The third kappa shape index (κ3) is 3.56. The minimum absolute atomic E-state index is 0.200. The molecule has 0 spiro atoms. The van der Waals surface area contributed by atoms with E-state index in [1.165, 1.54) is 6.26 Å². The highest BCUT2D eigenvalue weighted by Gasteiger charge is 2.08. The summed E-state index contributed by atoms with van der Waals surface area (Å²) in [6, 6.07) is 8.74. The highest BCUT2D eigenvalue weighted by molar-refractivity contribution is 7.80. The van der Waals surface area contributed by atoms with E-state index < -0.39 is 0 Å². The molecule has 5 nitrogen and oxygen atoms in total. The number of nitrogens with two attached hydrogens (primary N) is 1. The molecule has 0 atom stereocenters. The second kappa shape index (κ2) is 5.53. The molecule has 2 aromatic rings. The van der Waals surface area contributed by atoms with Crippen molar-refractivity contribution in [1.82, 2.24) is 0 Å². The molecule has 0 radical (unpaired) electrons. The maximum Gasteiger partial charge on any atom is 0.258 e. The van der Waals surface area contributed by atoms with Crippen LogP contribution in [0.25, 0.3) is 0 Å². The van der Waals surface area contributed by atoms with Crippen LogP contribution in [-0.2, 0) is 0 Å². The van der Waals surface area contributed by atoms with Crippen molar-refractivity contribution in [3.63, 3.8) is 0 Å². The monoisotopic (exact) mass is 275 g/mol. The van der Waals surface area contributed by atoms with Crippen LogP contribution in [0.1, 0.15) is 16.1 Å². The quantitative estimate of drug-likeness (QED) is 0.750. The van der Waals surface area contributed by atoms with E-state index in [0.717, 1.165) is 5.69 Å². The average Bonchev–Trinajstić information content (AvgIpc) is 2.78. The smallest absolute Gasteiger partial charge is 0.258 e. The predicted molar refractivity (Wildman–Crippen MR) is 78.2 cm³/mol. The van der Waals surface area contributed by atoms with Gasteiger partial charge >= 0.3 is 0 Å². The van der Waals surface area contributed by atoms with E-state index in [0.29, 0.717) is 17.0 Å². The number of amides is 1.